The minimum absolute atomic E-state index is 0.0667. The first-order chi connectivity index (χ1) is 13.4. The maximum Gasteiger partial charge on any atom is 0.294 e. The molecule has 2 aromatic heterocycles. The normalized spacial score (nSPS) is 32.7. The van der Waals surface area contributed by atoms with Gasteiger partial charge in [0.1, 0.15) is 31.2 Å². The zero-order chi connectivity index (χ0) is 19.8. The van der Waals surface area contributed by atoms with Crippen LogP contribution in [0.3, 0.4) is 0 Å². The van der Waals surface area contributed by atoms with Gasteiger partial charge in [0.25, 0.3) is 5.09 Å². The van der Waals surface area contributed by atoms with E-state index in [1.54, 1.807) is 0 Å². The third-order valence-corrected chi connectivity index (χ3v) is 5.06. The summed E-state index contributed by atoms with van der Waals surface area (Å²) in [6, 6.07) is 0.0667. The minimum Gasteiger partial charge on any atom is -0.393 e. The molecule has 1 saturated carbocycles. The topological polar surface area (TPSA) is 178 Å². The number of fused-ring (bicyclic) bond motifs is 1. The number of hydrogen-bond acceptors (Lipinski definition) is 11. The summed E-state index contributed by atoms with van der Waals surface area (Å²) < 4.78 is 6.99. The molecule has 13 heteroatoms. The Hall–Kier alpha value is -2.61. The molecule has 0 aromatic carbocycles. The van der Waals surface area contributed by atoms with Crippen molar-refractivity contribution in [3.05, 3.63) is 22.8 Å². The van der Waals surface area contributed by atoms with Crippen LogP contribution in [0.5, 0.6) is 0 Å². The van der Waals surface area contributed by atoms with E-state index in [0.717, 1.165) is 6.42 Å². The van der Waals surface area contributed by atoms with Crippen molar-refractivity contribution in [2.45, 2.75) is 55.9 Å². The summed E-state index contributed by atoms with van der Waals surface area (Å²) in [5.41, 5.74) is 0.808. The van der Waals surface area contributed by atoms with Gasteiger partial charge in [-0.2, -0.15) is 0 Å². The molecule has 3 heterocycles. The summed E-state index contributed by atoms with van der Waals surface area (Å²) in [7, 11) is 0. The van der Waals surface area contributed by atoms with Crippen molar-refractivity contribution in [3.8, 4) is 0 Å². The highest BCUT2D eigenvalue weighted by atomic mass is 17.0. The molecule has 28 heavy (non-hydrogen) atoms. The fourth-order valence-electron chi connectivity index (χ4n) is 3.66. The Labute approximate surface area is 158 Å². The smallest absolute Gasteiger partial charge is 0.294 e. The SMILES string of the molecule is O=[N+]([O-])OC[C@H]1O[C@@H](n2cnc3c(N[C@@H]4CC[C@@H](O)C4)ncnc32)[C@H](O)[C@@H]1O. The van der Waals surface area contributed by atoms with Crippen molar-refractivity contribution in [3.63, 3.8) is 0 Å². The van der Waals surface area contributed by atoms with Crippen LogP contribution in [-0.4, -0.2) is 77.0 Å². The Morgan fingerprint density at radius 3 is 2.82 bits per heavy atom. The second-order valence-corrected chi connectivity index (χ2v) is 6.92. The van der Waals surface area contributed by atoms with Crippen molar-refractivity contribution in [1.29, 1.82) is 0 Å². The molecular formula is C15H20N6O7. The molecule has 2 aliphatic rings. The number of imidazole rings is 1. The highest BCUT2D eigenvalue weighted by Gasteiger charge is 2.44. The van der Waals surface area contributed by atoms with E-state index in [1.165, 1.54) is 17.2 Å². The second kappa shape index (κ2) is 7.43. The Morgan fingerprint density at radius 1 is 1.29 bits per heavy atom. The molecule has 0 amide bonds. The maximum absolute atomic E-state index is 10.4. The van der Waals surface area contributed by atoms with Crippen LogP contribution in [0.15, 0.2) is 12.7 Å². The van der Waals surface area contributed by atoms with Crippen LogP contribution in [0, 0.1) is 10.1 Å². The van der Waals surface area contributed by atoms with E-state index in [1.807, 2.05) is 0 Å². The van der Waals surface area contributed by atoms with Crippen LogP contribution < -0.4 is 5.32 Å². The van der Waals surface area contributed by atoms with Gasteiger partial charge in [-0.3, -0.25) is 4.57 Å². The van der Waals surface area contributed by atoms with Gasteiger partial charge < -0.3 is 30.2 Å². The quantitative estimate of drug-likeness (QED) is 0.347. The Morgan fingerprint density at radius 2 is 2.11 bits per heavy atom. The van der Waals surface area contributed by atoms with Crippen LogP contribution in [0.2, 0.25) is 0 Å². The first kappa shape index (κ1) is 18.7. The summed E-state index contributed by atoms with van der Waals surface area (Å²) >= 11 is 0. The highest BCUT2D eigenvalue weighted by molar-refractivity contribution is 5.82. The average Bonchev–Trinajstić information content (AvgIpc) is 3.34. The van der Waals surface area contributed by atoms with Gasteiger partial charge in [0.05, 0.1) is 12.4 Å². The molecule has 4 N–H and O–H groups in total. The number of anilines is 1. The molecule has 4 rings (SSSR count). The van der Waals surface area contributed by atoms with Gasteiger partial charge in [0, 0.05) is 6.04 Å². The predicted molar refractivity (Wildman–Crippen MR) is 91.5 cm³/mol. The lowest BCUT2D eigenvalue weighted by atomic mass is 10.1. The molecule has 0 radical (unpaired) electrons. The van der Waals surface area contributed by atoms with E-state index in [-0.39, 0.29) is 12.1 Å². The van der Waals surface area contributed by atoms with Gasteiger partial charge >= 0.3 is 0 Å². The van der Waals surface area contributed by atoms with E-state index in [4.69, 9.17) is 4.74 Å². The molecule has 1 aliphatic heterocycles. The molecule has 1 saturated heterocycles. The van der Waals surface area contributed by atoms with E-state index in [0.29, 0.717) is 29.8 Å². The van der Waals surface area contributed by atoms with Crippen molar-refractivity contribution in [1.82, 2.24) is 19.5 Å². The van der Waals surface area contributed by atoms with Gasteiger partial charge in [-0.05, 0) is 19.3 Å². The molecule has 2 aromatic rings. The second-order valence-electron chi connectivity index (χ2n) is 6.92. The Balaban J connectivity index is 1.56. The number of ether oxygens (including phenoxy) is 1. The number of aromatic nitrogens is 4. The number of nitrogens with zero attached hydrogens (tertiary/aromatic N) is 5. The van der Waals surface area contributed by atoms with Gasteiger partial charge in [-0.1, -0.05) is 0 Å². The molecule has 152 valence electrons. The number of aliphatic hydroxyl groups is 3. The van der Waals surface area contributed by atoms with Crippen molar-refractivity contribution >= 4 is 17.0 Å². The van der Waals surface area contributed by atoms with Crippen LogP contribution >= 0.6 is 0 Å². The molecule has 1 aliphatic carbocycles. The number of hydrogen-bond donors (Lipinski definition) is 4. The van der Waals surface area contributed by atoms with Crippen LogP contribution in [-0.2, 0) is 9.57 Å². The molecule has 0 bridgehead atoms. The van der Waals surface area contributed by atoms with Gasteiger partial charge in [-0.25, -0.2) is 15.0 Å². The Kier molecular flexibility index (Phi) is 4.97. The van der Waals surface area contributed by atoms with E-state index in [2.05, 4.69) is 25.1 Å². The third kappa shape index (κ3) is 3.44. The fraction of sp³-hybridized carbons (Fsp3) is 0.667. The van der Waals surface area contributed by atoms with Gasteiger partial charge in [0.15, 0.2) is 23.2 Å². The van der Waals surface area contributed by atoms with E-state index >= 15 is 0 Å². The summed E-state index contributed by atoms with van der Waals surface area (Å²) in [5, 5.41) is 42.7. The number of nitrogens with one attached hydrogen (secondary N) is 1. The average molecular weight is 396 g/mol. The fourth-order valence-corrected chi connectivity index (χ4v) is 3.66. The van der Waals surface area contributed by atoms with Crippen molar-refractivity contribution < 1.29 is 30.0 Å². The molecule has 13 nitrogen and oxygen atoms in total. The van der Waals surface area contributed by atoms with Gasteiger partial charge in [-0.15, -0.1) is 10.1 Å². The number of rotatable bonds is 6. The summed E-state index contributed by atoms with van der Waals surface area (Å²) in [6.07, 6.45) is -0.328. The highest BCUT2D eigenvalue weighted by Crippen LogP contribution is 2.33. The zero-order valence-electron chi connectivity index (χ0n) is 14.7. The van der Waals surface area contributed by atoms with Crippen molar-refractivity contribution in [2.24, 2.45) is 0 Å². The predicted octanol–water partition coefficient (Wildman–Crippen LogP) is -1.02. The summed E-state index contributed by atoms with van der Waals surface area (Å²) in [4.78, 5) is 27.3. The monoisotopic (exact) mass is 396 g/mol. The Bertz CT molecular complexity index is 863. The minimum atomic E-state index is -1.37. The van der Waals surface area contributed by atoms with E-state index < -0.39 is 36.2 Å². The zero-order valence-corrected chi connectivity index (χ0v) is 14.7. The molecule has 0 spiro atoms. The first-order valence-electron chi connectivity index (χ1n) is 8.85. The lowest BCUT2D eigenvalue weighted by Gasteiger charge is -2.17. The third-order valence-electron chi connectivity index (χ3n) is 5.06. The molecule has 0 unspecified atom stereocenters. The molecular weight excluding hydrogens is 376 g/mol. The van der Waals surface area contributed by atoms with Gasteiger partial charge in [0.2, 0.25) is 0 Å². The van der Waals surface area contributed by atoms with Crippen LogP contribution in [0.1, 0.15) is 25.5 Å². The number of aliphatic hydroxyl groups excluding tert-OH is 3. The maximum atomic E-state index is 10.4. The lowest BCUT2D eigenvalue weighted by molar-refractivity contribution is -0.759. The first-order valence-corrected chi connectivity index (χ1v) is 8.85. The standard InChI is InChI=1S/C15H20N6O7/c22-8-2-1-7(3-8)19-13-10-14(17-5-16-13)20(6-18-10)15-12(24)11(23)9(28-15)4-27-21(25)26/h5-9,11-12,15,22-24H,1-4H2,(H,16,17,19)/t7-,8-,9-,11-,12-,15-/m1/s1. The van der Waals surface area contributed by atoms with Crippen molar-refractivity contribution in [2.75, 3.05) is 11.9 Å². The largest absolute Gasteiger partial charge is 0.393 e. The van der Waals surface area contributed by atoms with E-state index in [9.17, 15) is 25.4 Å². The van der Waals surface area contributed by atoms with Crippen LogP contribution in [0.4, 0.5) is 5.82 Å². The summed E-state index contributed by atoms with van der Waals surface area (Å²) in [5.74, 6) is 0.490. The molecule has 2 fully saturated rings. The van der Waals surface area contributed by atoms with Crippen LogP contribution in [0.25, 0.3) is 11.2 Å². The molecule has 6 atom stereocenters. The summed E-state index contributed by atoms with van der Waals surface area (Å²) in [6.45, 7) is -0.514. The lowest BCUT2D eigenvalue weighted by Crippen LogP contribution is -2.34.